The lowest BCUT2D eigenvalue weighted by Gasteiger charge is -2.41. The predicted molar refractivity (Wildman–Crippen MR) is 179 cm³/mol. The number of nitrogens with zero attached hydrogens (tertiary/aromatic N) is 3. The SMILES string of the molecule is CCN(CC)c1ccc(C2=C(O)C(=C3C(=O)N(C(C4CCCCC4)C4CCCCC4)N=C3C)C2=O)c(NC(=O)C2CCCC2)c1. The van der Waals surface area contributed by atoms with Gasteiger partial charge in [-0.25, -0.2) is 5.01 Å². The Labute approximate surface area is 268 Å². The van der Waals surface area contributed by atoms with Gasteiger partial charge in [0.05, 0.1) is 34.2 Å². The summed E-state index contributed by atoms with van der Waals surface area (Å²) < 4.78 is 0. The number of hydrogen-bond acceptors (Lipinski definition) is 6. The van der Waals surface area contributed by atoms with E-state index in [1.54, 1.807) is 11.9 Å². The lowest BCUT2D eigenvalue weighted by atomic mass is 9.73. The van der Waals surface area contributed by atoms with Crippen molar-refractivity contribution in [2.75, 3.05) is 23.3 Å². The normalized spacial score (nSPS) is 23.6. The average molecular weight is 615 g/mol. The highest BCUT2D eigenvalue weighted by Gasteiger charge is 2.47. The van der Waals surface area contributed by atoms with E-state index in [0.29, 0.717) is 28.8 Å². The van der Waals surface area contributed by atoms with E-state index >= 15 is 0 Å². The fraction of sp³-hybridized carbons (Fsp3) is 0.622. The Bertz CT molecular complexity index is 1400. The quantitative estimate of drug-likeness (QED) is 0.280. The van der Waals surface area contributed by atoms with Crippen LogP contribution < -0.4 is 10.2 Å². The largest absolute Gasteiger partial charge is 0.506 e. The van der Waals surface area contributed by atoms with Crippen LogP contribution in [0.2, 0.25) is 0 Å². The van der Waals surface area contributed by atoms with Gasteiger partial charge >= 0.3 is 0 Å². The van der Waals surface area contributed by atoms with Gasteiger partial charge in [0.1, 0.15) is 5.76 Å². The first-order valence-corrected chi connectivity index (χ1v) is 17.7. The van der Waals surface area contributed by atoms with Crippen molar-refractivity contribution in [1.29, 1.82) is 0 Å². The number of rotatable bonds is 9. The Morgan fingerprint density at radius 2 is 1.47 bits per heavy atom. The third-order valence-corrected chi connectivity index (χ3v) is 11.2. The molecular weight excluding hydrogens is 564 g/mol. The highest BCUT2D eigenvalue weighted by Crippen LogP contribution is 2.45. The third kappa shape index (κ3) is 5.97. The van der Waals surface area contributed by atoms with E-state index in [9.17, 15) is 19.5 Å². The van der Waals surface area contributed by atoms with E-state index in [2.05, 4.69) is 24.1 Å². The van der Waals surface area contributed by atoms with Crippen LogP contribution in [0, 0.1) is 17.8 Å². The van der Waals surface area contributed by atoms with Crippen molar-refractivity contribution in [3.63, 3.8) is 0 Å². The van der Waals surface area contributed by atoms with Crippen LogP contribution in [-0.4, -0.2) is 52.6 Å². The van der Waals surface area contributed by atoms with Crippen LogP contribution in [0.1, 0.15) is 116 Å². The number of allylic oxidation sites excluding steroid dienone is 2. The summed E-state index contributed by atoms with van der Waals surface area (Å²) in [7, 11) is 0. The fourth-order valence-corrected chi connectivity index (χ4v) is 8.70. The minimum absolute atomic E-state index is 0.0388. The number of hydrazone groups is 1. The number of carbonyl (C=O) groups is 3. The van der Waals surface area contributed by atoms with Gasteiger partial charge in [-0.15, -0.1) is 0 Å². The van der Waals surface area contributed by atoms with E-state index in [1.165, 1.54) is 38.5 Å². The lowest BCUT2D eigenvalue weighted by Crippen LogP contribution is -2.46. The molecule has 4 aliphatic carbocycles. The number of ketones is 1. The van der Waals surface area contributed by atoms with Crippen molar-refractivity contribution >= 4 is 40.3 Å². The van der Waals surface area contributed by atoms with E-state index in [-0.39, 0.29) is 52.0 Å². The maximum atomic E-state index is 14.2. The first-order valence-electron chi connectivity index (χ1n) is 17.7. The summed E-state index contributed by atoms with van der Waals surface area (Å²) in [6, 6.07) is 5.69. The smallest absolute Gasteiger partial charge is 0.277 e. The third-order valence-electron chi connectivity index (χ3n) is 11.2. The summed E-state index contributed by atoms with van der Waals surface area (Å²) in [5.74, 6) is -0.0666. The summed E-state index contributed by atoms with van der Waals surface area (Å²) in [6.07, 6.45) is 15.5. The number of benzene rings is 1. The van der Waals surface area contributed by atoms with Gasteiger partial charge in [0, 0.05) is 30.3 Å². The number of hydrogen-bond donors (Lipinski definition) is 2. The van der Waals surface area contributed by atoms with E-state index in [4.69, 9.17) is 5.10 Å². The molecule has 0 radical (unpaired) electrons. The molecule has 0 aromatic heterocycles. The summed E-state index contributed by atoms with van der Waals surface area (Å²) in [5, 5.41) is 21.1. The molecule has 0 spiro atoms. The van der Waals surface area contributed by atoms with Gasteiger partial charge in [-0.3, -0.25) is 14.4 Å². The molecule has 3 fully saturated rings. The predicted octanol–water partition coefficient (Wildman–Crippen LogP) is 7.56. The Kier molecular flexibility index (Phi) is 9.48. The Hall–Kier alpha value is -3.42. The summed E-state index contributed by atoms with van der Waals surface area (Å²) in [4.78, 5) is 43.5. The molecule has 242 valence electrons. The van der Waals surface area contributed by atoms with Crippen LogP contribution in [0.3, 0.4) is 0 Å². The lowest BCUT2D eigenvalue weighted by molar-refractivity contribution is -0.131. The summed E-state index contributed by atoms with van der Waals surface area (Å²) >= 11 is 0. The molecule has 6 rings (SSSR count). The van der Waals surface area contributed by atoms with Crippen LogP contribution in [0.25, 0.3) is 5.57 Å². The van der Waals surface area contributed by atoms with Gasteiger partial charge in [-0.05, 0) is 89.3 Å². The molecule has 2 amide bonds. The molecule has 8 heteroatoms. The van der Waals surface area contributed by atoms with Gasteiger partial charge in [-0.1, -0.05) is 51.4 Å². The molecule has 45 heavy (non-hydrogen) atoms. The van der Waals surface area contributed by atoms with Gasteiger partial charge in [0.25, 0.3) is 5.91 Å². The van der Waals surface area contributed by atoms with Crippen molar-refractivity contribution in [2.24, 2.45) is 22.9 Å². The average Bonchev–Trinajstić information content (AvgIpc) is 3.70. The number of carbonyl (C=O) groups excluding carboxylic acids is 3. The molecule has 0 atom stereocenters. The molecule has 1 aromatic rings. The maximum absolute atomic E-state index is 14.2. The molecule has 1 aliphatic heterocycles. The second kappa shape index (κ2) is 13.5. The Balaban J connectivity index is 1.34. The molecule has 0 unspecified atom stereocenters. The van der Waals surface area contributed by atoms with Gasteiger partial charge in [-0.2, -0.15) is 5.10 Å². The second-order valence-corrected chi connectivity index (χ2v) is 13.8. The molecule has 5 aliphatic rings. The Morgan fingerprint density at radius 3 is 2.02 bits per heavy atom. The van der Waals surface area contributed by atoms with Crippen LogP contribution in [0.4, 0.5) is 11.4 Å². The molecule has 0 bridgehead atoms. The van der Waals surface area contributed by atoms with Gasteiger partial charge in [0.2, 0.25) is 11.7 Å². The molecular formula is C37H50N4O4. The number of aliphatic hydroxyl groups excluding tert-OH is 1. The van der Waals surface area contributed by atoms with Crippen LogP contribution >= 0.6 is 0 Å². The zero-order valence-corrected chi connectivity index (χ0v) is 27.4. The van der Waals surface area contributed by atoms with Crippen molar-refractivity contribution in [3.8, 4) is 0 Å². The molecule has 0 saturated heterocycles. The van der Waals surface area contributed by atoms with Crippen molar-refractivity contribution in [1.82, 2.24) is 5.01 Å². The highest BCUT2D eigenvalue weighted by molar-refractivity contribution is 6.44. The molecule has 1 aromatic carbocycles. The van der Waals surface area contributed by atoms with E-state index in [1.807, 2.05) is 18.2 Å². The van der Waals surface area contributed by atoms with Gasteiger partial charge in [0.15, 0.2) is 0 Å². The monoisotopic (exact) mass is 614 g/mol. The standard InChI is InChI=1S/C37H50N4O4/c1-4-40(5-2)27-20-21-28(29(22-27)38-36(44)26-18-12-13-19-26)31-34(42)32(35(31)43)30-23(3)39-41(37(30)45)33(24-14-8-6-9-15-24)25-16-10-7-11-17-25/h20-22,24-26,33,42H,4-19H2,1-3H3,(H,38,44). The maximum Gasteiger partial charge on any atom is 0.277 e. The van der Waals surface area contributed by atoms with E-state index < -0.39 is 0 Å². The topological polar surface area (TPSA) is 102 Å². The van der Waals surface area contributed by atoms with Gasteiger partial charge < -0.3 is 15.3 Å². The Morgan fingerprint density at radius 1 is 0.889 bits per heavy atom. The molecule has 3 saturated carbocycles. The van der Waals surface area contributed by atoms with E-state index in [0.717, 1.165) is 70.1 Å². The minimum atomic E-state index is -0.369. The first-order chi connectivity index (χ1) is 21.8. The highest BCUT2D eigenvalue weighted by atomic mass is 16.3. The second-order valence-electron chi connectivity index (χ2n) is 13.8. The number of aliphatic hydroxyl groups is 1. The minimum Gasteiger partial charge on any atom is -0.506 e. The zero-order chi connectivity index (χ0) is 31.7. The summed E-state index contributed by atoms with van der Waals surface area (Å²) in [5.41, 5.74) is 2.90. The molecule has 2 N–H and O–H groups in total. The number of Topliss-reactive ketones (excluding diaryl/α,β-unsaturated/α-hetero) is 1. The number of nitrogens with one attached hydrogen (secondary N) is 1. The number of anilines is 2. The fourth-order valence-electron chi connectivity index (χ4n) is 8.70. The van der Waals surface area contributed by atoms with Crippen molar-refractivity contribution in [3.05, 3.63) is 40.7 Å². The first kappa shape index (κ1) is 31.6. The molecule has 8 nitrogen and oxygen atoms in total. The van der Waals surface area contributed by atoms with Crippen LogP contribution in [0.5, 0.6) is 0 Å². The van der Waals surface area contributed by atoms with Crippen molar-refractivity contribution < 1.29 is 19.5 Å². The van der Waals surface area contributed by atoms with Crippen molar-refractivity contribution in [2.45, 2.75) is 117 Å². The molecule has 1 heterocycles. The van der Waals surface area contributed by atoms with Crippen LogP contribution in [0.15, 0.2) is 40.2 Å². The zero-order valence-electron chi connectivity index (χ0n) is 27.4. The van der Waals surface area contributed by atoms with Crippen LogP contribution in [-0.2, 0) is 14.4 Å². The summed E-state index contributed by atoms with van der Waals surface area (Å²) in [6.45, 7) is 7.54. The number of amides is 2.